The van der Waals surface area contributed by atoms with Crippen LogP contribution >= 0.6 is 23.4 Å². The Morgan fingerprint density at radius 1 is 1.29 bits per heavy atom. The molecule has 0 amide bonds. The van der Waals surface area contributed by atoms with Crippen molar-refractivity contribution in [2.24, 2.45) is 5.73 Å². The highest BCUT2D eigenvalue weighted by molar-refractivity contribution is 7.99. The molecule has 1 aromatic heterocycles. The van der Waals surface area contributed by atoms with E-state index in [1.165, 1.54) is 0 Å². The van der Waals surface area contributed by atoms with Crippen molar-refractivity contribution in [3.63, 3.8) is 0 Å². The van der Waals surface area contributed by atoms with Crippen LogP contribution in [0, 0.1) is 0 Å². The Labute approximate surface area is 110 Å². The van der Waals surface area contributed by atoms with Crippen LogP contribution in [0.3, 0.4) is 0 Å². The lowest BCUT2D eigenvalue weighted by atomic mass is 10.1. The number of aromatic nitrogens is 1. The third-order valence-electron chi connectivity index (χ3n) is 2.34. The van der Waals surface area contributed by atoms with E-state index in [0.29, 0.717) is 0 Å². The Morgan fingerprint density at radius 2 is 2.06 bits per heavy atom. The molecule has 0 bridgehead atoms. The summed E-state index contributed by atoms with van der Waals surface area (Å²) in [6.45, 7) is 1.96. The monoisotopic (exact) mass is 264 g/mol. The zero-order chi connectivity index (χ0) is 12.3. The Balaban J connectivity index is 2.25. The summed E-state index contributed by atoms with van der Waals surface area (Å²) < 4.78 is 0. The van der Waals surface area contributed by atoms with Crippen LogP contribution in [-0.4, -0.2) is 4.98 Å². The van der Waals surface area contributed by atoms with E-state index in [-0.39, 0.29) is 6.04 Å². The second-order valence-electron chi connectivity index (χ2n) is 3.75. The van der Waals surface area contributed by atoms with E-state index in [1.54, 1.807) is 18.0 Å². The van der Waals surface area contributed by atoms with Gasteiger partial charge in [0.1, 0.15) is 5.03 Å². The number of halogens is 1. The van der Waals surface area contributed by atoms with Crippen molar-refractivity contribution in [1.29, 1.82) is 0 Å². The molecule has 2 N–H and O–H groups in total. The second kappa shape index (κ2) is 5.54. The summed E-state index contributed by atoms with van der Waals surface area (Å²) in [5.74, 6) is 0. The molecule has 0 radical (unpaired) electrons. The molecule has 0 aliphatic carbocycles. The van der Waals surface area contributed by atoms with Gasteiger partial charge in [-0.05, 0) is 36.8 Å². The van der Waals surface area contributed by atoms with Crippen molar-refractivity contribution in [1.82, 2.24) is 4.98 Å². The Kier molecular flexibility index (Phi) is 4.05. The largest absolute Gasteiger partial charge is 0.324 e. The molecule has 2 aromatic rings. The van der Waals surface area contributed by atoms with Crippen LogP contribution in [0.1, 0.15) is 18.5 Å². The molecule has 1 aromatic carbocycles. The van der Waals surface area contributed by atoms with E-state index >= 15 is 0 Å². The lowest BCUT2D eigenvalue weighted by Gasteiger charge is -2.07. The highest BCUT2D eigenvalue weighted by Crippen LogP contribution is 2.32. The van der Waals surface area contributed by atoms with Crippen LogP contribution in [0.5, 0.6) is 0 Å². The molecule has 0 saturated carbocycles. The van der Waals surface area contributed by atoms with Gasteiger partial charge in [0, 0.05) is 17.1 Å². The van der Waals surface area contributed by atoms with E-state index < -0.39 is 0 Å². The van der Waals surface area contributed by atoms with E-state index in [9.17, 15) is 0 Å². The normalized spacial score (nSPS) is 12.4. The number of hydrogen-bond acceptors (Lipinski definition) is 3. The van der Waals surface area contributed by atoms with Crippen molar-refractivity contribution < 1.29 is 0 Å². The molecule has 0 aliphatic rings. The van der Waals surface area contributed by atoms with Gasteiger partial charge in [-0.25, -0.2) is 4.98 Å². The predicted octanol–water partition coefficient (Wildman–Crippen LogP) is 3.91. The fourth-order valence-electron chi connectivity index (χ4n) is 1.40. The fraction of sp³-hybridized carbons (Fsp3) is 0.154. The summed E-state index contributed by atoms with van der Waals surface area (Å²) >= 11 is 7.65. The molecule has 4 heteroatoms. The third-order valence-corrected chi connectivity index (χ3v) is 3.79. The van der Waals surface area contributed by atoms with Crippen LogP contribution in [0.4, 0.5) is 0 Å². The molecule has 1 heterocycles. The Morgan fingerprint density at radius 3 is 2.76 bits per heavy atom. The average molecular weight is 265 g/mol. The van der Waals surface area contributed by atoms with Crippen LogP contribution in [-0.2, 0) is 0 Å². The minimum absolute atomic E-state index is 0.0172. The minimum Gasteiger partial charge on any atom is -0.324 e. The van der Waals surface area contributed by atoms with E-state index in [2.05, 4.69) is 4.98 Å². The Hall–Kier alpha value is -1.03. The summed E-state index contributed by atoms with van der Waals surface area (Å²) in [5, 5.41) is 1.65. The van der Waals surface area contributed by atoms with Gasteiger partial charge in [0.25, 0.3) is 0 Å². The molecule has 2 rings (SSSR count). The maximum Gasteiger partial charge on any atom is 0.101 e. The number of rotatable bonds is 3. The van der Waals surface area contributed by atoms with Crippen molar-refractivity contribution in [2.75, 3.05) is 0 Å². The van der Waals surface area contributed by atoms with Gasteiger partial charge in [-0.1, -0.05) is 35.5 Å². The summed E-state index contributed by atoms with van der Waals surface area (Å²) in [5.41, 5.74) is 6.92. The standard InChI is InChI=1S/C13H13ClN2S/c1-9(15)10-6-7-16-13(8-10)17-12-5-3-2-4-11(12)14/h2-9H,15H2,1H3/t9-/m1/s1. The van der Waals surface area contributed by atoms with Gasteiger partial charge in [-0.15, -0.1) is 0 Å². The maximum absolute atomic E-state index is 6.10. The Bertz CT molecular complexity index is 514. The molecule has 0 fully saturated rings. The molecule has 0 spiro atoms. The topological polar surface area (TPSA) is 38.9 Å². The molecule has 17 heavy (non-hydrogen) atoms. The quantitative estimate of drug-likeness (QED) is 0.914. The van der Waals surface area contributed by atoms with Crippen LogP contribution in [0.25, 0.3) is 0 Å². The first-order valence-electron chi connectivity index (χ1n) is 5.31. The average Bonchev–Trinajstić information content (AvgIpc) is 2.32. The van der Waals surface area contributed by atoms with Gasteiger partial charge in [0.15, 0.2) is 0 Å². The SMILES string of the molecule is C[C@@H](N)c1ccnc(Sc2ccccc2Cl)c1. The van der Waals surface area contributed by atoms with Crippen molar-refractivity contribution >= 4 is 23.4 Å². The first-order chi connectivity index (χ1) is 8.16. The number of nitrogens with zero attached hydrogens (tertiary/aromatic N) is 1. The predicted molar refractivity (Wildman–Crippen MR) is 72.4 cm³/mol. The summed E-state index contributed by atoms with van der Waals surface area (Å²) in [7, 11) is 0. The first kappa shape index (κ1) is 12.4. The van der Waals surface area contributed by atoms with Crippen LogP contribution in [0.15, 0.2) is 52.5 Å². The van der Waals surface area contributed by atoms with Gasteiger partial charge in [0.05, 0.1) is 5.02 Å². The summed E-state index contributed by atoms with van der Waals surface area (Å²) in [6.07, 6.45) is 1.78. The molecule has 0 aliphatic heterocycles. The van der Waals surface area contributed by atoms with E-state index in [0.717, 1.165) is 20.5 Å². The summed E-state index contributed by atoms with van der Waals surface area (Å²) in [4.78, 5) is 5.31. The second-order valence-corrected chi connectivity index (χ2v) is 5.22. The van der Waals surface area contributed by atoms with Gasteiger partial charge in [-0.2, -0.15) is 0 Å². The first-order valence-corrected chi connectivity index (χ1v) is 6.50. The van der Waals surface area contributed by atoms with Crippen molar-refractivity contribution in [3.05, 3.63) is 53.2 Å². The van der Waals surface area contributed by atoms with Crippen LogP contribution in [0.2, 0.25) is 5.02 Å². The number of nitrogens with two attached hydrogens (primary N) is 1. The highest BCUT2D eigenvalue weighted by Gasteiger charge is 2.05. The minimum atomic E-state index is 0.0172. The molecule has 1 atom stereocenters. The highest BCUT2D eigenvalue weighted by atomic mass is 35.5. The lowest BCUT2D eigenvalue weighted by molar-refractivity contribution is 0.808. The van der Waals surface area contributed by atoms with Crippen LogP contribution < -0.4 is 5.73 Å². The zero-order valence-electron chi connectivity index (χ0n) is 9.43. The van der Waals surface area contributed by atoms with Crippen molar-refractivity contribution in [2.45, 2.75) is 22.9 Å². The molecule has 2 nitrogen and oxygen atoms in total. The molecule has 0 saturated heterocycles. The molecular weight excluding hydrogens is 252 g/mol. The molecule has 88 valence electrons. The van der Waals surface area contributed by atoms with Crippen molar-refractivity contribution in [3.8, 4) is 0 Å². The smallest absolute Gasteiger partial charge is 0.101 e. The molecular formula is C13H13ClN2S. The number of benzene rings is 1. The van der Waals surface area contributed by atoms with Gasteiger partial charge >= 0.3 is 0 Å². The maximum atomic E-state index is 6.10. The van der Waals surface area contributed by atoms with Gasteiger partial charge in [0.2, 0.25) is 0 Å². The van der Waals surface area contributed by atoms with E-state index in [4.69, 9.17) is 17.3 Å². The van der Waals surface area contributed by atoms with Gasteiger partial charge < -0.3 is 5.73 Å². The van der Waals surface area contributed by atoms with E-state index in [1.807, 2.05) is 43.3 Å². The zero-order valence-corrected chi connectivity index (χ0v) is 11.0. The number of pyridine rings is 1. The lowest BCUT2D eigenvalue weighted by Crippen LogP contribution is -2.04. The molecule has 0 unspecified atom stereocenters. The third kappa shape index (κ3) is 3.22. The van der Waals surface area contributed by atoms with Gasteiger partial charge in [-0.3, -0.25) is 0 Å². The fourth-order valence-corrected chi connectivity index (χ4v) is 2.50. The number of hydrogen-bond donors (Lipinski definition) is 1. The summed E-state index contributed by atoms with van der Waals surface area (Å²) in [6, 6.07) is 11.7.